The molecule has 2 amide bonds. The van der Waals surface area contributed by atoms with Gasteiger partial charge in [-0.05, 0) is 44.9 Å². The van der Waals surface area contributed by atoms with Gasteiger partial charge in [0.25, 0.3) is 0 Å². The number of unbranched alkanes of at least 4 members (excludes halogenated alkanes) is 8. The lowest BCUT2D eigenvalue weighted by Gasteiger charge is -2.41. The van der Waals surface area contributed by atoms with Crippen LogP contribution in [0.1, 0.15) is 97.3 Å². The van der Waals surface area contributed by atoms with Crippen LogP contribution in [0.2, 0.25) is 0 Å². The van der Waals surface area contributed by atoms with Gasteiger partial charge in [-0.3, -0.25) is 9.59 Å². The molecule has 0 aliphatic carbocycles. The summed E-state index contributed by atoms with van der Waals surface area (Å²) in [5.74, 6) is -0.895. The highest BCUT2D eigenvalue weighted by Gasteiger charge is 2.45. The number of aliphatic hydroxyl groups excluding tert-OH is 6. The highest BCUT2D eigenvalue weighted by molar-refractivity contribution is 5.84. The summed E-state index contributed by atoms with van der Waals surface area (Å²) < 4.78 is 11.0. The second-order valence-corrected chi connectivity index (χ2v) is 11.7. The second kappa shape index (κ2) is 24.3. The molecule has 0 bridgehead atoms. The minimum atomic E-state index is -1.69. The molecule has 0 aromatic rings. The Balaban J connectivity index is 2.70. The van der Waals surface area contributed by atoms with Crippen molar-refractivity contribution < 1.29 is 49.7 Å². The van der Waals surface area contributed by atoms with Gasteiger partial charge >= 0.3 is 0 Å². The van der Waals surface area contributed by atoms with E-state index in [4.69, 9.17) is 9.47 Å². The van der Waals surface area contributed by atoms with E-state index < -0.39 is 80.5 Å². The second-order valence-electron chi connectivity index (χ2n) is 11.7. The molecule has 0 aromatic heterocycles. The Kier molecular flexibility index (Phi) is 22.2. The summed E-state index contributed by atoms with van der Waals surface area (Å²) in [6, 6.07) is -1.20. The molecule has 0 aromatic carbocycles. The van der Waals surface area contributed by atoms with Crippen molar-refractivity contribution in [1.29, 1.82) is 0 Å². The Morgan fingerprint density at radius 3 is 2.11 bits per heavy atom. The summed E-state index contributed by atoms with van der Waals surface area (Å²) in [6.07, 6.45) is 10.0. The van der Waals surface area contributed by atoms with Crippen molar-refractivity contribution in [2.75, 3.05) is 26.8 Å². The summed E-state index contributed by atoms with van der Waals surface area (Å²) in [5, 5.41) is 63.8. The number of amides is 2. The number of ether oxygens (including phenoxy) is 2. The number of hydrogen-bond acceptors (Lipinski definition) is 10. The minimum Gasteiger partial charge on any atom is -0.394 e. The van der Waals surface area contributed by atoms with E-state index in [0.29, 0.717) is 6.42 Å². The smallest absolute Gasteiger partial charge is 0.239 e. The monoisotopic (exact) mass is 644 g/mol. The number of allylic oxidation sites excluding steroid dienone is 4. The Labute approximate surface area is 269 Å². The van der Waals surface area contributed by atoms with Crippen molar-refractivity contribution in [3.63, 3.8) is 0 Å². The topological polar surface area (TPSA) is 189 Å². The number of carbonyl (C=O) groups is 2. The average Bonchev–Trinajstić information content (AvgIpc) is 3.04. The lowest BCUT2D eigenvalue weighted by atomic mass is 9.99. The molecule has 0 saturated carbocycles. The van der Waals surface area contributed by atoms with E-state index in [2.05, 4.69) is 36.5 Å². The summed E-state index contributed by atoms with van der Waals surface area (Å²) in [6.45, 7) is 2.34. The van der Waals surface area contributed by atoms with Gasteiger partial charge in [0.15, 0.2) is 6.29 Å². The van der Waals surface area contributed by atoms with E-state index >= 15 is 0 Å². The van der Waals surface area contributed by atoms with Gasteiger partial charge in [-0.1, -0.05) is 70.3 Å². The molecular formula is C33H60N2O10. The Bertz CT molecular complexity index is 855. The molecule has 1 aliphatic heterocycles. The first-order chi connectivity index (χ1) is 21.6. The van der Waals surface area contributed by atoms with Crippen molar-refractivity contribution in [1.82, 2.24) is 10.2 Å². The van der Waals surface area contributed by atoms with Crippen LogP contribution in [-0.2, 0) is 19.1 Å². The molecule has 45 heavy (non-hydrogen) atoms. The van der Waals surface area contributed by atoms with Crippen molar-refractivity contribution in [2.45, 2.75) is 146 Å². The molecule has 1 saturated heterocycles. The Morgan fingerprint density at radius 1 is 0.889 bits per heavy atom. The minimum absolute atomic E-state index is 0.118. The van der Waals surface area contributed by atoms with E-state index in [-0.39, 0.29) is 12.8 Å². The number of nitrogens with one attached hydrogen (secondary N) is 1. The fourth-order valence-electron chi connectivity index (χ4n) is 5.12. The van der Waals surface area contributed by atoms with Crippen molar-refractivity contribution in [3.8, 4) is 0 Å². The van der Waals surface area contributed by atoms with Crippen LogP contribution in [0.15, 0.2) is 24.3 Å². The fourth-order valence-corrected chi connectivity index (χ4v) is 5.12. The molecule has 0 radical (unpaired) electrons. The quantitative estimate of drug-likeness (QED) is 0.0602. The first-order valence-corrected chi connectivity index (χ1v) is 16.7. The van der Waals surface area contributed by atoms with Crippen molar-refractivity contribution in [3.05, 3.63) is 24.3 Å². The molecule has 1 fully saturated rings. The van der Waals surface area contributed by atoms with E-state index in [9.17, 15) is 40.2 Å². The number of hydrogen-bond donors (Lipinski definition) is 7. The first kappa shape index (κ1) is 41.1. The summed E-state index contributed by atoms with van der Waals surface area (Å²) >= 11 is 0. The van der Waals surface area contributed by atoms with Crippen LogP contribution in [0.25, 0.3) is 0 Å². The zero-order valence-corrected chi connectivity index (χ0v) is 27.5. The zero-order chi connectivity index (χ0) is 33.6. The highest BCUT2D eigenvalue weighted by atomic mass is 16.7. The molecule has 262 valence electrons. The number of rotatable bonds is 24. The van der Waals surface area contributed by atoms with Crippen LogP contribution in [0.3, 0.4) is 0 Å². The maximum atomic E-state index is 13.4. The van der Waals surface area contributed by atoms with Gasteiger partial charge in [-0.2, -0.15) is 0 Å². The van der Waals surface area contributed by atoms with E-state index in [0.717, 1.165) is 49.8 Å². The molecule has 8 atom stereocenters. The van der Waals surface area contributed by atoms with Gasteiger partial charge < -0.3 is 50.3 Å². The van der Waals surface area contributed by atoms with Gasteiger partial charge in [-0.15, -0.1) is 0 Å². The average molecular weight is 645 g/mol. The third-order valence-electron chi connectivity index (χ3n) is 8.14. The third-order valence-corrected chi connectivity index (χ3v) is 8.14. The van der Waals surface area contributed by atoms with Crippen LogP contribution in [-0.4, -0.2) is 123 Å². The largest absolute Gasteiger partial charge is 0.394 e. The third kappa shape index (κ3) is 15.5. The van der Waals surface area contributed by atoms with Crippen LogP contribution < -0.4 is 5.32 Å². The van der Waals surface area contributed by atoms with Crippen molar-refractivity contribution >= 4 is 11.8 Å². The lowest BCUT2D eigenvalue weighted by molar-refractivity contribution is -0.304. The molecule has 7 N–H and O–H groups in total. The fraction of sp³-hybridized carbons (Fsp3) is 0.818. The molecule has 12 nitrogen and oxygen atoms in total. The maximum absolute atomic E-state index is 13.4. The standard InChI is InChI=1S/C33H60N2O10/c1-4-6-7-8-9-10-11-12-13-14-15-16-17-18-19-20-28(39)35(21-27(38)34-3)24(29(40)25(37)5-2)23-44-33-32(43)31(42)30(41)26(22-36)45-33/h9-10,12-13,24-26,29-33,36-37,40-43H,4-8,11,14-23H2,1-3H3,(H,34,38)/b10-9-,13-12-/t24-,25+,26?,29-,30-,31?,32?,33+/m0/s1. The number of carbonyl (C=O) groups excluding carboxylic acids is 2. The molecule has 1 aliphatic rings. The molecule has 12 heteroatoms. The molecule has 1 heterocycles. The molecule has 1 rings (SSSR count). The molecular weight excluding hydrogens is 584 g/mol. The number of aliphatic hydroxyl groups is 6. The maximum Gasteiger partial charge on any atom is 0.239 e. The number of nitrogens with zero attached hydrogens (tertiary/aromatic N) is 1. The van der Waals surface area contributed by atoms with Gasteiger partial charge in [0, 0.05) is 13.5 Å². The van der Waals surface area contributed by atoms with Gasteiger partial charge in [-0.25, -0.2) is 0 Å². The van der Waals surface area contributed by atoms with E-state index in [1.54, 1.807) is 6.92 Å². The SMILES string of the molecule is CCCCC/C=C\C/C=C\CCCCCCCC(=O)N(CC(=O)NC)[C@@H](CO[C@@H]1OC(CO)[C@H](O)C(O)C1O)[C@H](O)[C@H](O)CC. The van der Waals surface area contributed by atoms with Crippen molar-refractivity contribution in [2.24, 2.45) is 0 Å². The van der Waals surface area contributed by atoms with Crippen LogP contribution in [0.4, 0.5) is 0 Å². The van der Waals surface area contributed by atoms with Gasteiger partial charge in [0.2, 0.25) is 11.8 Å². The summed E-state index contributed by atoms with van der Waals surface area (Å²) in [4.78, 5) is 26.9. The molecule has 3 unspecified atom stereocenters. The van der Waals surface area contributed by atoms with E-state index in [1.807, 2.05) is 0 Å². The van der Waals surface area contributed by atoms with E-state index in [1.165, 1.54) is 26.3 Å². The lowest BCUT2D eigenvalue weighted by Crippen LogP contribution is -2.61. The summed E-state index contributed by atoms with van der Waals surface area (Å²) in [5.41, 5.74) is 0. The van der Waals surface area contributed by atoms with Crippen LogP contribution >= 0.6 is 0 Å². The number of likely N-dealkylation sites (N-methyl/N-ethyl adjacent to an activating group) is 1. The summed E-state index contributed by atoms with van der Waals surface area (Å²) in [7, 11) is 1.42. The first-order valence-electron chi connectivity index (χ1n) is 16.7. The van der Waals surface area contributed by atoms with Crippen LogP contribution in [0, 0.1) is 0 Å². The van der Waals surface area contributed by atoms with Gasteiger partial charge in [0.05, 0.1) is 31.9 Å². The van der Waals surface area contributed by atoms with Gasteiger partial charge in [0.1, 0.15) is 30.5 Å². The zero-order valence-electron chi connectivity index (χ0n) is 27.5. The molecule has 0 spiro atoms. The predicted molar refractivity (Wildman–Crippen MR) is 171 cm³/mol. The Hall–Kier alpha value is -1.90. The Morgan fingerprint density at radius 2 is 1.51 bits per heavy atom. The normalized spacial score (nSPS) is 24.2. The predicted octanol–water partition coefficient (Wildman–Crippen LogP) is 1.69. The highest BCUT2D eigenvalue weighted by Crippen LogP contribution is 2.24. The van der Waals surface area contributed by atoms with Crippen LogP contribution in [0.5, 0.6) is 0 Å².